The molecule has 0 aliphatic heterocycles. The van der Waals surface area contributed by atoms with Gasteiger partial charge in [0.1, 0.15) is 0 Å². The summed E-state index contributed by atoms with van der Waals surface area (Å²) >= 11 is 4.94. The molecule has 5 atom stereocenters. The molecule has 4 rings (SSSR count). The molecule has 3 fully saturated rings. The predicted octanol–water partition coefficient (Wildman–Crippen LogP) is 4.07. The Hall–Kier alpha value is -0.350. The van der Waals surface area contributed by atoms with Crippen molar-refractivity contribution in [2.24, 2.45) is 23.7 Å². The number of fused-ring (bicyclic) bond motifs is 5. The molecule has 1 aromatic heterocycles. The number of hydrogen-bond acceptors (Lipinski definition) is 2. The van der Waals surface area contributed by atoms with Crippen LogP contribution in [0.5, 0.6) is 0 Å². The average Bonchev–Trinajstić information content (AvgIpc) is 3.08. The fourth-order valence-electron chi connectivity index (χ4n) is 4.91. The minimum atomic E-state index is 0.128. The number of nitrogens with one attached hydrogen (secondary N) is 1. The smallest absolute Gasteiger partial charge is 0.261 e. The summed E-state index contributed by atoms with van der Waals surface area (Å²) in [5.74, 6) is 3.71. The molecular weight excluding hydrogens is 322 g/mol. The normalized spacial score (nSPS) is 39.5. The number of halogens is 1. The number of carbonyl (C=O) groups excluding carboxylic acids is 1. The second kappa shape index (κ2) is 4.59. The minimum absolute atomic E-state index is 0.128. The van der Waals surface area contributed by atoms with Crippen molar-refractivity contribution in [1.29, 1.82) is 0 Å². The van der Waals surface area contributed by atoms with Crippen molar-refractivity contribution >= 4 is 33.2 Å². The quantitative estimate of drug-likeness (QED) is 0.864. The van der Waals surface area contributed by atoms with Crippen molar-refractivity contribution in [3.05, 3.63) is 20.8 Å². The van der Waals surface area contributed by atoms with Gasteiger partial charge in [0, 0.05) is 6.04 Å². The summed E-state index contributed by atoms with van der Waals surface area (Å²) in [4.78, 5) is 13.1. The van der Waals surface area contributed by atoms with Crippen LogP contribution in [0.25, 0.3) is 0 Å². The number of carbonyl (C=O) groups is 1. The third-order valence-electron chi connectivity index (χ3n) is 5.54. The molecule has 3 saturated carbocycles. The fraction of sp³-hybridized carbons (Fsp3) is 0.667. The summed E-state index contributed by atoms with van der Waals surface area (Å²) in [6, 6.07) is 4.31. The van der Waals surface area contributed by atoms with E-state index < -0.39 is 0 Å². The van der Waals surface area contributed by atoms with Gasteiger partial charge in [-0.15, -0.1) is 11.3 Å². The van der Waals surface area contributed by atoms with Crippen molar-refractivity contribution in [3.8, 4) is 0 Å². The van der Waals surface area contributed by atoms with Gasteiger partial charge in [-0.1, -0.05) is 6.42 Å². The molecular formula is C15H18BrNOS. The van der Waals surface area contributed by atoms with Gasteiger partial charge in [0.15, 0.2) is 0 Å². The van der Waals surface area contributed by atoms with E-state index in [0.717, 1.165) is 32.3 Å². The van der Waals surface area contributed by atoms with Crippen molar-refractivity contribution < 1.29 is 4.79 Å². The van der Waals surface area contributed by atoms with Crippen molar-refractivity contribution in [3.63, 3.8) is 0 Å². The van der Waals surface area contributed by atoms with Gasteiger partial charge in [-0.3, -0.25) is 4.79 Å². The van der Waals surface area contributed by atoms with Gasteiger partial charge in [0.2, 0.25) is 0 Å². The molecule has 102 valence electrons. The Morgan fingerprint density at radius 3 is 2.84 bits per heavy atom. The summed E-state index contributed by atoms with van der Waals surface area (Å²) in [6.07, 6.45) is 6.87. The largest absolute Gasteiger partial charge is 0.348 e. The maximum Gasteiger partial charge on any atom is 0.261 e. The number of amides is 1. The van der Waals surface area contributed by atoms with Crippen LogP contribution in [0.3, 0.4) is 0 Å². The van der Waals surface area contributed by atoms with Gasteiger partial charge in [-0.2, -0.15) is 0 Å². The van der Waals surface area contributed by atoms with E-state index in [2.05, 4.69) is 21.2 Å². The molecule has 1 amide bonds. The summed E-state index contributed by atoms with van der Waals surface area (Å²) in [6.45, 7) is 0. The van der Waals surface area contributed by atoms with Crippen LogP contribution in [0, 0.1) is 23.7 Å². The number of hydrogen-bond donors (Lipinski definition) is 1. The number of thiophene rings is 1. The summed E-state index contributed by atoms with van der Waals surface area (Å²) < 4.78 is 1.03. The van der Waals surface area contributed by atoms with Crippen molar-refractivity contribution in [1.82, 2.24) is 5.32 Å². The van der Waals surface area contributed by atoms with E-state index in [1.165, 1.54) is 43.4 Å². The Bertz CT molecular complexity index is 514. The van der Waals surface area contributed by atoms with Crippen LogP contribution in [0.2, 0.25) is 0 Å². The lowest BCUT2D eigenvalue weighted by Gasteiger charge is -2.31. The topological polar surface area (TPSA) is 29.1 Å². The highest BCUT2D eigenvalue weighted by molar-refractivity contribution is 9.11. The zero-order valence-corrected chi connectivity index (χ0v) is 13.2. The molecule has 0 aromatic carbocycles. The molecule has 0 spiro atoms. The third-order valence-corrected chi connectivity index (χ3v) is 7.16. The molecule has 4 heteroatoms. The van der Waals surface area contributed by atoms with E-state index in [4.69, 9.17) is 0 Å². The van der Waals surface area contributed by atoms with Gasteiger partial charge in [-0.05, 0) is 77.4 Å². The van der Waals surface area contributed by atoms with Crippen LogP contribution in [0.1, 0.15) is 41.8 Å². The second-order valence-electron chi connectivity index (χ2n) is 6.34. The van der Waals surface area contributed by atoms with Gasteiger partial charge in [0.25, 0.3) is 5.91 Å². The van der Waals surface area contributed by atoms with Crippen molar-refractivity contribution in [2.75, 3.05) is 0 Å². The van der Waals surface area contributed by atoms with Crippen LogP contribution in [-0.4, -0.2) is 11.9 Å². The lowest BCUT2D eigenvalue weighted by molar-refractivity contribution is 0.0905. The molecule has 19 heavy (non-hydrogen) atoms. The Morgan fingerprint density at radius 2 is 2.05 bits per heavy atom. The maximum atomic E-state index is 12.3. The molecule has 1 N–H and O–H groups in total. The summed E-state index contributed by atoms with van der Waals surface area (Å²) in [7, 11) is 0. The van der Waals surface area contributed by atoms with E-state index in [-0.39, 0.29) is 5.91 Å². The van der Waals surface area contributed by atoms with Crippen LogP contribution in [-0.2, 0) is 0 Å². The molecule has 5 unspecified atom stereocenters. The molecule has 2 bridgehead atoms. The first-order valence-electron chi connectivity index (χ1n) is 7.28. The summed E-state index contributed by atoms with van der Waals surface area (Å²) in [5, 5.41) is 3.30. The van der Waals surface area contributed by atoms with E-state index in [9.17, 15) is 4.79 Å². The van der Waals surface area contributed by atoms with Crippen LogP contribution in [0.15, 0.2) is 15.9 Å². The fourth-order valence-corrected chi connectivity index (χ4v) is 6.20. The van der Waals surface area contributed by atoms with Gasteiger partial charge in [0.05, 0.1) is 8.66 Å². The first-order valence-corrected chi connectivity index (χ1v) is 8.89. The zero-order valence-electron chi connectivity index (χ0n) is 10.8. The molecule has 0 radical (unpaired) electrons. The zero-order chi connectivity index (χ0) is 13.0. The average molecular weight is 340 g/mol. The maximum absolute atomic E-state index is 12.3. The molecule has 0 saturated heterocycles. The molecule has 3 aliphatic carbocycles. The van der Waals surface area contributed by atoms with E-state index in [1.807, 2.05) is 12.1 Å². The lowest BCUT2D eigenvalue weighted by atomic mass is 9.79. The monoisotopic (exact) mass is 339 g/mol. The number of rotatable bonds is 2. The van der Waals surface area contributed by atoms with Crippen LogP contribution >= 0.6 is 27.3 Å². The predicted molar refractivity (Wildman–Crippen MR) is 80.3 cm³/mol. The third kappa shape index (κ3) is 1.99. The molecule has 1 heterocycles. The standard InChI is InChI=1S/C15H18BrNOS/c16-14-5-4-13(19-14)15(18)17-12-7-8-6-11(12)10-3-1-2-9(8)10/h4-5,8-12H,1-3,6-7H2,(H,17,18). The van der Waals surface area contributed by atoms with Gasteiger partial charge < -0.3 is 5.32 Å². The van der Waals surface area contributed by atoms with Crippen molar-refractivity contribution in [2.45, 2.75) is 38.1 Å². The Morgan fingerprint density at radius 1 is 1.21 bits per heavy atom. The first kappa shape index (κ1) is 12.4. The first-order chi connectivity index (χ1) is 9.22. The Balaban J connectivity index is 1.46. The Kier molecular flexibility index (Phi) is 2.99. The lowest BCUT2D eigenvalue weighted by Crippen LogP contribution is -2.42. The highest BCUT2D eigenvalue weighted by Gasteiger charge is 2.54. The molecule has 2 nitrogen and oxygen atoms in total. The Labute approximate surface area is 126 Å². The van der Waals surface area contributed by atoms with Gasteiger partial charge in [-0.25, -0.2) is 0 Å². The van der Waals surface area contributed by atoms with E-state index in [0.29, 0.717) is 6.04 Å². The highest BCUT2D eigenvalue weighted by atomic mass is 79.9. The molecule has 1 aromatic rings. The van der Waals surface area contributed by atoms with Crippen LogP contribution < -0.4 is 5.32 Å². The van der Waals surface area contributed by atoms with E-state index >= 15 is 0 Å². The SMILES string of the molecule is O=C(NC1CC2CC1C1CCCC21)c1ccc(Br)s1. The summed E-state index contributed by atoms with van der Waals surface area (Å²) in [5.41, 5.74) is 0. The second-order valence-corrected chi connectivity index (χ2v) is 8.80. The minimum Gasteiger partial charge on any atom is -0.348 e. The highest BCUT2D eigenvalue weighted by Crippen LogP contribution is 2.58. The molecule has 3 aliphatic rings. The van der Waals surface area contributed by atoms with Gasteiger partial charge >= 0.3 is 0 Å². The van der Waals surface area contributed by atoms with Crippen LogP contribution in [0.4, 0.5) is 0 Å². The van der Waals surface area contributed by atoms with E-state index in [1.54, 1.807) is 0 Å².